The molecule has 4 rings (SSSR count). The zero-order chi connectivity index (χ0) is 26.0. The van der Waals surface area contributed by atoms with Gasteiger partial charge in [-0.1, -0.05) is 0 Å². The van der Waals surface area contributed by atoms with E-state index in [1.54, 1.807) is 11.8 Å². The molecule has 1 aromatic rings. The number of likely N-dealkylation sites (tertiary alicyclic amines) is 1. The van der Waals surface area contributed by atoms with Gasteiger partial charge in [-0.15, -0.1) is 0 Å². The lowest BCUT2D eigenvalue weighted by Gasteiger charge is -2.41. The number of halogens is 1. The number of benzene rings is 1. The molecule has 1 N–H and O–H groups in total. The van der Waals surface area contributed by atoms with Gasteiger partial charge in [-0.05, 0) is 50.8 Å². The van der Waals surface area contributed by atoms with E-state index in [1.165, 1.54) is 33.9 Å². The van der Waals surface area contributed by atoms with E-state index in [4.69, 9.17) is 10.00 Å². The molecule has 3 saturated heterocycles. The Bertz CT molecular complexity index is 1150. The summed E-state index contributed by atoms with van der Waals surface area (Å²) in [6, 6.07) is 4.96. The molecule has 3 aliphatic rings. The molecule has 3 atom stereocenters. The first kappa shape index (κ1) is 26.3. The number of carbonyl (C=O) groups is 2. The van der Waals surface area contributed by atoms with Gasteiger partial charge in [0.05, 0.1) is 31.1 Å². The molecule has 2 amide bonds. The van der Waals surface area contributed by atoms with Crippen LogP contribution < -0.4 is 10.1 Å². The maximum absolute atomic E-state index is 13.8. The Balaban J connectivity index is 1.40. The van der Waals surface area contributed by atoms with E-state index in [2.05, 4.69) is 11.4 Å². The summed E-state index contributed by atoms with van der Waals surface area (Å²) in [5, 5.41) is 11.8. The molecule has 12 heteroatoms. The second-order valence-corrected chi connectivity index (χ2v) is 11.6. The summed E-state index contributed by atoms with van der Waals surface area (Å²) in [7, 11) is -2.25. The molecule has 3 fully saturated rings. The normalized spacial score (nSPS) is 24.6. The molecular formula is C24H32FN5O5S. The van der Waals surface area contributed by atoms with Crippen molar-refractivity contribution in [1.82, 2.24) is 18.8 Å². The van der Waals surface area contributed by atoms with Crippen molar-refractivity contribution in [2.75, 3.05) is 39.8 Å². The summed E-state index contributed by atoms with van der Waals surface area (Å²) < 4.78 is 47.6. The molecule has 0 spiro atoms. The minimum absolute atomic E-state index is 0.0661. The van der Waals surface area contributed by atoms with Crippen LogP contribution >= 0.6 is 0 Å². The third kappa shape index (κ3) is 5.19. The van der Waals surface area contributed by atoms with E-state index in [0.29, 0.717) is 50.1 Å². The fraction of sp³-hybridized carbons (Fsp3) is 0.625. The van der Waals surface area contributed by atoms with E-state index in [0.717, 1.165) is 0 Å². The van der Waals surface area contributed by atoms with Gasteiger partial charge < -0.3 is 15.0 Å². The molecule has 196 valence electrons. The summed E-state index contributed by atoms with van der Waals surface area (Å²) in [6.07, 6.45) is 2.27. The Hall–Kier alpha value is -2.75. The SMILES string of the molecule is COc1ccc(F)cc1[C@H](C)NC(=O)[C@H]1CCCN1C(=O)[C@H]1CCCN(S(=O)(=O)N2CC(C#N)C2)C1. The zero-order valence-electron chi connectivity index (χ0n) is 20.5. The number of hydrogen-bond acceptors (Lipinski definition) is 6. The Labute approximate surface area is 211 Å². The van der Waals surface area contributed by atoms with Gasteiger partial charge in [0.1, 0.15) is 17.6 Å². The largest absolute Gasteiger partial charge is 0.496 e. The Morgan fingerprint density at radius 1 is 1.17 bits per heavy atom. The van der Waals surface area contributed by atoms with Gasteiger partial charge in [0.15, 0.2) is 0 Å². The predicted molar refractivity (Wildman–Crippen MR) is 128 cm³/mol. The number of amides is 2. The van der Waals surface area contributed by atoms with Gasteiger partial charge in [-0.25, -0.2) is 4.39 Å². The molecule has 0 bridgehead atoms. The lowest BCUT2D eigenvalue weighted by molar-refractivity contribution is -0.142. The van der Waals surface area contributed by atoms with Crippen molar-refractivity contribution in [2.24, 2.45) is 11.8 Å². The first-order valence-electron chi connectivity index (χ1n) is 12.2. The van der Waals surface area contributed by atoms with Crippen LogP contribution in [0.15, 0.2) is 18.2 Å². The lowest BCUT2D eigenvalue weighted by atomic mass is 9.97. The van der Waals surface area contributed by atoms with Crippen LogP contribution in [-0.2, 0) is 19.8 Å². The van der Waals surface area contributed by atoms with Gasteiger partial charge in [0.2, 0.25) is 11.8 Å². The summed E-state index contributed by atoms with van der Waals surface area (Å²) in [5.74, 6) is -1.36. The second-order valence-electron chi connectivity index (χ2n) is 9.65. The third-order valence-electron chi connectivity index (χ3n) is 7.27. The molecule has 0 aromatic heterocycles. The Morgan fingerprint density at radius 3 is 2.58 bits per heavy atom. The maximum Gasteiger partial charge on any atom is 0.282 e. The van der Waals surface area contributed by atoms with Crippen molar-refractivity contribution in [3.8, 4) is 11.8 Å². The van der Waals surface area contributed by atoms with Crippen LogP contribution in [0.4, 0.5) is 4.39 Å². The second kappa shape index (κ2) is 10.7. The minimum atomic E-state index is -3.72. The van der Waals surface area contributed by atoms with E-state index < -0.39 is 34.0 Å². The van der Waals surface area contributed by atoms with Gasteiger partial charge in [-0.3, -0.25) is 9.59 Å². The highest BCUT2D eigenvalue weighted by atomic mass is 32.2. The number of hydrogen-bond donors (Lipinski definition) is 1. The maximum atomic E-state index is 13.8. The average molecular weight is 522 g/mol. The van der Waals surface area contributed by atoms with E-state index in [1.807, 2.05) is 0 Å². The zero-order valence-corrected chi connectivity index (χ0v) is 21.3. The molecule has 0 unspecified atom stereocenters. The number of rotatable bonds is 7. The molecule has 3 heterocycles. The number of nitrogens with zero attached hydrogens (tertiary/aromatic N) is 4. The number of carbonyl (C=O) groups excluding carboxylic acids is 2. The molecule has 10 nitrogen and oxygen atoms in total. The highest BCUT2D eigenvalue weighted by Crippen LogP contribution is 2.30. The predicted octanol–water partition coefficient (Wildman–Crippen LogP) is 1.41. The Kier molecular flexibility index (Phi) is 7.82. The molecular weight excluding hydrogens is 489 g/mol. The quantitative estimate of drug-likeness (QED) is 0.579. The highest BCUT2D eigenvalue weighted by Gasteiger charge is 2.44. The van der Waals surface area contributed by atoms with Crippen molar-refractivity contribution in [3.05, 3.63) is 29.6 Å². The molecule has 0 radical (unpaired) electrons. The fourth-order valence-electron chi connectivity index (χ4n) is 5.19. The van der Waals surface area contributed by atoms with Crippen molar-refractivity contribution >= 4 is 22.0 Å². The van der Waals surface area contributed by atoms with Crippen LogP contribution in [0, 0.1) is 29.0 Å². The standard InChI is InChI=1S/C24H32FN5O5S/c1-16(20-11-19(25)7-8-22(20)35-2)27-23(31)21-6-4-10-30(21)24(32)18-5-3-9-28(15-18)36(33,34)29-13-17(12-26)14-29/h7-8,11,16-18,21H,3-6,9-10,13-15H2,1-2H3,(H,27,31)/t16-,18-,21+/m0/s1. The highest BCUT2D eigenvalue weighted by molar-refractivity contribution is 7.86. The minimum Gasteiger partial charge on any atom is -0.496 e. The van der Waals surface area contributed by atoms with Crippen LogP contribution in [0.5, 0.6) is 5.75 Å². The summed E-state index contributed by atoms with van der Waals surface area (Å²) in [5.41, 5.74) is 0.500. The number of nitrogens with one attached hydrogen (secondary N) is 1. The van der Waals surface area contributed by atoms with Gasteiger partial charge >= 0.3 is 0 Å². The van der Waals surface area contributed by atoms with E-state index in [9.17, 15) is 22.4 Å². The number of ether oxygens (including phenoxy) is 1. The number of nitriles is 1. The topological polar surface area (TPSA) is 123 Å². The van der Waals surface area contributed by atoms with Crippen molar-refractivity contribution in [1.29, 1.82) is 5.26 Å². The van der Waals surface area contributed by atoms with Crippen molar-refractivity contribution in [3.63, 3.8) is 0 Å². The van der Waals surface area contributed by atoms with Crippen LogP contribution in [0.3, 0.4) is 0 Å². The molecule has 0 aliphatic carbocycles. The van der Waals surface area contributed by atoms with Crippen molar-refractivity contribution in [2.45, 2.75) is 44.7 Å². The smallest absolute Gasteiger partial charge is 0.282 e. The van der Waals surface area contributed by atoms with Crippen LogP contribution in [0.25, 0.3) is 0 Å². The third-order valence-corrected chi connectivity index (χ3v) is 9.21. The van der Waals surface area contributed by atoms with Crippen LogP contribution in [0.2, 0.25) is 0 Å². The summed E-state index contributed by atoms with van der Waals surface area (Å²) in [4.78, 5) is 28.1. The van der Waals surface area contributed by atoms with E-state index >= 15 is 0 Å². The van der Waals surface area contributed by atoms with Gasteiger partial charge in [-0.2, -0.15) is 22.3 Å². The first-order chi connectivity index (χ1) is 17.1. The number of methoxy groups -OCH3 is 1. The Morgan fingerprint density at radius 2 is 1.89 bits per heavy atom. The van der Waals surface area contributed by atoms with Gasteiger partial charge in [0, 0.05) is 38.3 Å². The van der Waals surface area contributed by atoms with Crippen LogP contribution in [-0.4, -0.2) is 79.6 Å². The van der Waals surface area contributed by atoms with Crippen molar-refractivity contribution < 1.29 is 27.1 Å². The fourth-order valence-corrected chi connectivity index (χ4v) is 6.98. The monoisotopic (exact) mass is 521 g/mol. The number of piperidine rings is 1. The molecule has 3 aliphatic heterocycles. The van der Waals surface area contributed by atoms with Crippen LogP contribution in [0.1, 0.15) is 44.2 Å². The summed E-state index contributed by atoms with van der Waals surface area (Å²) in [6.45, 7) is 2.90. The average Bonchev–Trinajstić information content (AvgIpc) is 3.33. The molecule has 36 heavy (non-hydrogen) atoms. The lowest BCUT2D eigenvalue weighted by Crippen LogP contribution is -2.57. The van der Waals surface area contributed by atoms with Gasteiger partial charge in [0.25, 0.3) is 10.2 Å². The molecule has 0 saturated carbocycles. The summed E-state index contributed by atoms with van der Waals surface area (Å²) >= 11 is 0. The molecule has 1 aromatic carbocycles. The first-order valence-corrected chi connectivity index (χ1v) is 13.6. The van der Waals surface area contributed by atoms with E-state index in [-0.39, 0.29) is 37.4 Å².